The van der Waals surface area contributed by atoms with Crippen LogP contribution >= 0.6 is 0 Å². The molecule has 1 aromatic rings. The van der Waals surface area contributed by atoms with Crippen LogP contribution in [0, 0.1) is 5.41 Å². The lowest BCUT2D eigenvalue weighted by Gasteiger charge is -2.38. The van der Waals surface area contributed by atoms with Gasteiger partial charge in [0.2, 0.25) is 0 Å². The van der Waals surface area contributed by atoms with E-state index in [4.69, 9.17) is 9.47 Å². The van der Waals surface area contributed by atoms with Crippen molar-refractivity contribution in [3.63, 3.8) is 0 Å². The van der Waals surface area contributed by atoms with Gasteiger partial charge < -0.3 is 19.7 Å². The molecule has 0 aliphatic carbocycles. The molecule has 0 bridgehead atoms. The van der Waals surface area contributed by atoms with Crippen molar-refractivity contribution in [1.82, 2.24) is 15.2 Å². The highest BCUT2D eigenvalue weighted by molar-refractivity contribution is 5.42. The van der Waals surface area contributed by atoms with Gasteiger partial charge in [-0.3, -0.25) is 4.98 Å². The predicted octanol–water partition coefficient (Wildman–Crippen LogP) is 1.92. The van der Waals surface area contributed by atoms with E-state index >= 15 is 0 Å². The maximum absolute atomic E-state index is 5.41. The number of pyridine rings is 1. The van der Waals surface area contributed by atoms with Crippen LogP contribution in [0.2, 0.25) is 0 Å². The van der Waals surface area contributed by atoms with Crippen molar-refractivity contribution < 1.29 is 9.47 Å². The van der Waals surface area contributed by atoms with Crippen LogP contribution in [0.5, 0.6) is 11.5 Å². The van der Waals surface area contributed by atoms with Crippen LogP contribution in [0.25, 0.3) is 0 Å². The highest BCUT2D eigenvalue weighted by Gasteiger charge is 2.28. The van der Waals surface area contributed by atoms with Crippen LogP contribution in [0.3, 0.4) is 0 Å². The van der Waals surface area contributed by atoms with Crippen molar-refractivity contribution >= 4 is 0 Å². The highest BCUT2D eigenvalue weighted by atomic mass is 16.5. The molecule has 1 aliphatic rings. The Morgan fingerprint density at radius 3 is 2.62 bits per heavy atom. The number of nitrogens with zero attached hydrogens (tertiary/aromatic N) is 2. The first-order valence-electron chi connectivity index (χ1n) is 7.53. The van der Waals surface area contributed by atoms with E-state index in [1.165, 1.54) is 25.9 Å². The summed E-state index contributed by atoms with van der Waals surface area (Å²) in [4.78, 5) is 6.80. The van der Waals surface area contributed by atoms with Crippen molar-refractivity contribution in [2.75, 3.05) is 40.9 Å². The number of nitrogens with one attached hydrogen (secondary N) is 1. The number of piperidine rings is 1. The van der Waals surface area contributed by atoms with E-state index in [1.807, 2.05) is 6.07 Å². The maximum Gasteiger partial charge on any atom is 0.183 e. The van der Waals surface area contributed by atoms with E-state index in [-0.39, 0.29) is 0 Å². The topological polar surface area (TPSA) is 46.6 Å². The second-order valence-corrected chi connectivity index (χ2v) is 6.21. The molecule has 0 atom stereocenters. The van der Waals surface area contributed by atoms with Crippen LogP contribution < -0.4 is 14.8 Å². The summed E-state index contributed by atoms with van der Waals surface area (Å²) < 4.78 is 10.7. The summed E-state index contributed by atoms with van der Waals surface area (Å²) in [7, 11) is 5.49. The summed E-state index contributed by atoms with van der Waals surface area (Å²) in [6, 6.07) is 1.82. The van der Waals surface area contributed by atoms with Crippen LogP contribution in [0.4, 0.5) is 0 Å². The molecule has 1 aromatic heterocycles. The lowest BCUT2D eigenvalue weighted by atomic mass is 9.80. The van der Waals surface area contributed by atoms with Gasteiger partial charge in [-0.25, -0.2) is 0 Å². The fraction of sp³-hybridized carbons (Fsp3) is 0.688. The lowest BCUT2D eigenvalue weighted by molar-refractivity contribution is 0.136. The molecule has 2 rings (SSSR count). The van der Waals surface area contributed by atoms with Crippen LogP contribution in [0.1, 0.15) is 25.5 Å². The fourth-order valence-corrected chi connectivity index (χ4v) is 2.79. The third-order valence-corrected chi connectivity index (χ3v) is 4.40. The summed E-state index contributed by atoms with van der Waals surface area (Å²) in [6.45, 7) is 6.43. The summed E-state index contributed by atoms with van der Waals surface area (Å²) in [5.41, 5.74) is 1.27. The van der Waals surface area contributed by atoms with Gasteiger partial charge in [-0.05, 0) is 38.4 Å². The zero-order chi connectivity index (χ0) is 15.3. The molecular weight excluding hydrogens is 266 g/mol. The number of aromatic nitrogens is 1. The van der Waals surface area contributed by atoms with Crippen molar-refractivity contribution in [1.29, 1.82) is 0 Å². The second-order valence-electron chi connectivity index (χ2n) is 6.21. The molecular formula is C16H27N3O2. The van der Waals surface area contributed by atoms with Gasteiger partial charge >= 0.3 is 0 Å². The number of methoxy groups -OCH3 is 2. The minimum absolute atomic E-state index is 0.374. The van der Waals surface area contributed by atoms with Gasteiger partial charge in [0.05, 0.1) is 19.9 Å². The zero-order valence-electron chi connectivity index (χ0n) is 13.6. The molecule has 0 saturated carbocycles. The smallest absolute Gasteiger partial charge is 0.183 e. The van der Waals surface area contributed by atoms with E-state index in [0.717, 1.165) is 23.7 Å². The third kappa shape index (κ3) is 4.08. The van der Waals surface area contributed by atoms with Gasteiger partial charge in [0.1, 0.15) is 0 Å². The van der Waals surface area contributed by atoms with Crippen LogP contribution in [0.15, 0.2) is 12.3 Å². The summed E-state index contributed by atoms with van der Waals surface area (Å²) in [5, 5.41) is 3.54. The van der Waals surface area contributed by atoms with Gasteiger partial charge in [-0.2, -0.15) is 0 Å². The first-order chi connectivity index (χ1) is 10.1. The zero-order valence-corrected chi connectivity index (χ0v) is 13.6. The van der Waals surface area contributed by atoms with E-state index < -0.39 is 0 Å². The molecule has 5 nitrogen and oxygen atoms in total. The minimum atomic E-state index is 0.374. The van der Waals surface area contributed by atoms with E-state index in [0.29, 0.717) is 12.0 Å². The highest BCUT2D eigenvalue weighted by Crippen LogP contribution is 2.31. The molecule has 1 aliphatic heterocycles. The van der Waals surface area contributed by atoms with Crippen molar-refractivity contribution in [2.24, 2.45) is 5.41 Å². The fourth-order valence-electron chi connectivity index (χ4n) is 2.79. The number of likely N-dealkylation sites (tertiary alicyclic amines) is 1. The first-order valence-corrected chi connectivity index (χ1v) is 7.53. The van der Waals surface area contributed by atoms with Crippen LogP contribution in [-0.4, -0.2) is 50.8 Å². The molecule has 5 heteroatoms. The van der Waals surface area contributed by atoms with E-state index in [9.17, 15) is 0 Å². The molecule has 0 spiro atoms. The Morgan fingerprint density at radius 1 is 1.29 bits per heavy atom. The molecule has 0 unspecified atom stereocenters. The Hall–Kier alpha value is -1.33. The van der Waals surface area contributed by atoms with E-state index in [1.54, 1.807) is 20.4 Å². The van der Waals surface area contributed by atoms with Gasteiger partial charge in [0.15, 0.2) is 11.5 Å². The Morgan fingerprint density at radius 2 is 2.00 bits per heavy atom. The molecule has 1 fully saturated rings. The van der Waals surface area contributed by atoms with Gasteiger partial charge in [0.25, 0.3) is 0 Å². The standard InChI is InChI=1S/C16H27N3O2/c1-16(6-9-19(2)10-7-16)12-17-11-13-15(21-4)14(20-3)5-8-18-13/h5,8,17H,6-7,9-12H2,1-4H3. The number of hydrogen-bond donors (Lipinski definition) is 1. The number of hydrogen-bond acceptors (Lipinski definition) is 5. The van der Waals surface area contributed by atoms with Crippen molar-refractivity contribution in [3.8, 4) is 11.5 Å². The summed E-state index contributed by atoms with van der Waals surface area (Å²) in [5.74, 6) is 1.45. The molecule has 21 heavy (non-hydrogen) atoms. The maximum atomic E-state index is 5.41. The second kappa shape index (κ2) is 7.09. The molecule has 0 aromatic carbocycles. The lowest BCUT2D eigenvalue weighted by Crippen LogP contribution is -2.41. The number of rotatable bonds is 6. The van der Waals surface area contributed by atoms with Crippen LogP contribution in [-0.2, 0) is 6.54 Å². The van der Waals surface area contributed by atoms with Gasteiger partial charge in [-0.15, -0.1) is 0 Å². The monoisotopic (exact) mass is 293 g/mol. The third-order valence-electron chi connectivity index (χ3n) is 4.40. The predicted molar refractivity (Wildman–Crippen MR) is 83.9 cm³/mol. The SMILES string of the molecule is COc1ccnc(CNCC2(C)CCN(C)CC2)c1OC. The Labute approximate surface area is 127 Å². The quantitative estimate of drug-likeness (QED) is 0.868. The molecule has 118 valence electrons. The summed E-state index contributed by atoms with van der Waals surface area (Å²) in [6.07, 6.45) is 4.23. The minimum Gasteiger partial charge on any atom is -0.493 e. The van der Waals surface area contributed by atoms with Gasteiger partial charge in [-0.1, -0.05) is 6.92 Å². The molecule has 0 amide bonds. The molecule has 1 saturated heterocycles. The first kappa shape index (κ1) is 16.0. The summed E-state index contributed by atoms with van der Waals surface area (Å²) >= 11 is 0. The number of ether oxygens (including phenoxy) is 2. The Balaban J connectivity index is 1.91. The molecule has 1 N–H and O–H groups in total. The van der Waals surface area contributed by atoms with E-state index in [2.05, 4.69) is 29.2 Å². The molecule has 0 radical (unpaired) electrons. The normalized spacial score (nSPS) is 18.5. The van der Waals surface area contributed by atoms with Crippen molar-refractivity contribution in [3.05, 3.63) is 18.0 Å². The molecule has 2 heterocycles. The average Bonchev–Trinajstić information content (AvgIpc) is 2.50. The largest absolute Gasteiger partial charge is 0.493 e. The Bertz CT molecular complexity index is 457. The van der Waals surface area contributed by atoms with Gasteiger partial charge in [0, 0.05) is 25.4 Å². The Kier molecular flexibility index (Phi) is 5.42. The van der Waals surface area contributed by atoms with Crippen molar-refractivity contribution in [2.45, 2.75) is 26.3 Å². The average molecular weight is 293 g/mol.